The Morgan fingerprint density at radius 2 is 2.25 bits per heavy atom. The molecule has 0 radical (unpaired) electrons. The van der Waals surface area contributed by atoms with Crippen LogP contribution in [0.1, 0.15) is 31.2 Å². The van der Waals surface area contributed by atoms with Crippen LogP contribution in [0.15, 0.2) is 41.4 Å². The highest BCUT2D eigenvalue weighted by Gasteiger charge is 2.26. The van der Waals surface area contributed by atoms with Crippen LogP contribution in [0.3, 0.4) is 0 Å². The lowest BCUT2D eigenvalue weighted by Gasteiger charge is -2.31. The van der Waals surface area contributed by atoms with Crippen molar-refractivity contribution >= 4 is 5.91 Å². The van der Waals surface area contributed by atoms with Crippen LogP contribution in [0.2, 0.25) is 0 Å². The van der Waals surface area contributed by atoms with E-state index in [4.69, 9.17) is 4.42 Å². The van der Waals surface area contributed by atoms with Gasteiger partial charge in [0, 0.05) is 37.0 Å². The molecule has 24 heavy (non-hydrogen) atoms. The first kappa shape index (κ1) is 16.6. The summed E-state index contributed by atoms with van der Waals surface area (Å²) < 4.78 is 5.39. The van der Waals surface area contributed by atoms with E-state index in [1.807, 2.05) is 19.1 Å². The molecule has 3 heterocycles. The van der Waals surface area contributed by atoms with E-state index in [9.17, 15) is 4.79 Å². The maximum atomic E-state index is 12.4. The van der Waals surface area contributed by atoms with Gasteiger partial charge in [-0.25, -0.2) is 0 Å². The first-order valence-electron chi connectivity index (χ1n) is 8.50. The lowest BCUT2D eigenvalue weighted by molar-refractivity contribution is -0.127. The summed E-state index contributed by atoms with van der Waals surface area (Å²) >= 11 is 0. The maximum absolute atomic E-state index is 12.4. The number of piperidine rings is 1. The van der Waals surface area contributed by atoms with Crippen LogP contribution in [-0.2, 0) is 17.8 Å². The third kappa shape index (κ3) is 4.64. The summed E-state index contributed by atoms with van der Waals surface area (Å²) in [5, 5.41) is 3.11. The van der Waals surface area contributed by atoms with Crippen molar-refractivity contribution in [1.82, 2.24) is 20.2 Å². The van der Waals surface area contributed by atoms with E-state index in [1.54, 1.807) is 24.9 Å². The summed E-state index contributed by atoms with van der Waals surface area (Å²) in [6.45, 7) is 4.69. The van der Waals surface area contributed by atoms with Crippen LogP contribution < -0.4 is 5.32 Å². The number of nitrogens with zero attached hydrogens (tertiary/aromatic N) is 3. The molecule has 0 spiro atoms. The molecule has 2 aromatic rings. The van der Waals surface area contributed by atoms with Crippen molar-refractivity contribution in [2.75, 3.05) is 13.1 Å². The minimum atomic E-state index is 0.0651. The van der Waals surface area contributed by atoms with E-state index in [-0.39, 0.29) is 17.9 Å². The zero-order valence-corrected chi connectivity index (χ0v) is 14.0. The van der Waals surface area contributed by atoms with Crippen molar-refractivity contribution in [2.24, 2.45) is 5.92 Å². The number of furan rings is 1. The third-order valence-electron chi connectivity index (χ3n) is 4.44. The molecule has 3 rings (SSSR count). The van der Waals surface area contributed by atoms with E-state index in [0.29, 0.717) is 6.42 Å². The van der Waals surface area contributed by atoms with Gasteiger partial charge in [0.2, 0.25) is 5.91 Å². The molecule has 6 heteroatoms. The van der Waals surface area contributed by atoms with Crippen LogP contribution >= 0.6 is 0 Å². The van der Waals surface area contributed by atoms with Crippen molar-refractivity contribution in [3.63, 3.8) is 0 Å². The van der Waals surface area contributed by atoms with Gasteiger partial charge < -0.3 is 9.73 Å². The van der Waals surface area contributed by atoms with E-state index < -0.39 is 0 Å². The summed E-state index contributed by atoms with van der Waals surface area (Å²) in [5.74, 6) is 1.24. The first-order chi connectivity index (χ1) is 11.7. The fraction of sp³-hybridized carbons (Fsp3) is 0.500. The second-order valence-electron chi connectivity index (χ2n) is 6.44. The second kappa shape index (κ2) is 8.06. The van der Waals surface area contributed by atoms with Crippen LogP contribution in [0.25, 0.3) is 0 Å². The Labute approximate surface area is 142 Å². The number of carbonyl (C=O) groups is 1. The topological polar surface area (TPSA) is 71.3 Å². The molecule has 0 bridgehead atoms. The Morgan fingerprint density at radius 1 is 1.42 bits per heavy atom. The second-order valence-corrected chi connectivity index (χ2v) is 6.44. The molecule has 128 valence electrons. The molecular formula is C18H24N4O2. The fourth-order valence-electron chi connectivity index (χ4n) is 3.14. The fourth-order valence-corrected chi connectivity index (χ4v) is 3.14. The van der Waals surface area contributed by atoms with Crippen molar-refractivity contribution < 1.29 is 9.21 Å². The predicted molar refractivity (Wildman–Crippen MR) is 90.0 cm³/mol. The van der Waals surface area contributed by atoms with E-state index in [1.165, 1.54) is 0 Å². The monoisotopic (exact) mass is 328 g/mol. The minimum Gasteiger partial charge on any atom is -0.468 e. The zero-order valence-electron chi connectivity index (χ0n) is 14.0. The lowest BCUT2D eigenvalue weighted by atomic mass is 9.95. The highest BCUT2D eigenvalue weighted by Crippen LogP contribution is 2.19. The molecule has 2 aromatic heterocycles. The minimum absolute atomic E-state index is 0.0651. The number of carbonyl (C=O) groups excluding carboxylic acids is 1. The van der Waals surface area contributed by atoms with Crippen molar-refractivity contribution in [3.8, 4) is 0 Å². The Hall–Kier alpha value is -2.21. The molecule has 1 amide bonds. The number of aromatic nitrogens is 2. The number of nitrogens with one attached hydrogen (secondary N) is 1. The molecule has 6 nitrogen and oxygen atoms in total. The van der Waals surface area contributed by atoms with Gasteiger partial charge in [0.25, 0.3) is 0 Å². The van der Waals surface area contributed by atoms with Gasteiger partial charge in [-0.2, -0.15) is 0 Å². The highest BCUT2D eigenvalue weighted by molar-refractivity contribution is 5.79. The van der Waals surface area contributed by atoms with Gasteiger partial charge in [0.1, 0.15) is 5.76 Å². The van der Waals surface area contributed by atoms with Gasteiger partial charge in [-0.1, -0.05) is 0 Å². The zero-order chi connectivity index (χ0) is 16.8. The number of hydrogen-bond acceptors (Lipinski definition) is 5. The summed E-state index contributed by atoms with van der Waals surface area (Å²) in [5.41, 5.74) is 0.901. The molecule has 1 aliphatic rings. The highest BCUT2D eigenvalue weighted by atomic mass is 16.3. The Bertz CT molecular complexity index is 622. The number of likely N-dealkylation sites (tertiary alicyclic amines) is 1. The largest absolute Gasteiger partial charge is 0.468 e. The quantitative estimate of drug-likeness (QED) is 0.878. The van der Waals surface area contributed by atoms with Gasteiger partial charge in [-0.3, -0.25) is 19.7 Å². The molecule has 1 fully saturated rings. The SMILES string of the molecule is C[C@H](Cc1cnccn1)NC(=O)C1CCN(Cc2ccco2)CC1. The smallest absolute Gasteiger partial charge is 0.223 e. The van der Waals surface area contributed by atoms with E-state index in [0.717, 1.165) is 43.9 Å². The number of hydrogen-bond donors (Lipinski definition) is 1. The molecule has 1 atom stereocenters. The van der Waals surface area contributed by atoms with Crippen LogP contribution in [-0.4, -0.2) is 39.9 Å². The molecule has 0 saturated carbocycles. The van der Waals surface area contributed by atoms with Crippen molar-refractivity contribution in [2.45, 2.75) is 38.8 Å². The summed E-state index contributed by atoms with van der Waals surface area (Å²) in [6, 6.07) is 3.97. The predicted octanol–water partition coefficient (Wildman–Crippen LogP) is 2.03. The molecule has 1 saturated heterocycles. The third-order valence-corrected chi connectivity index (χ3v) is 4.44. The Balaban J connectivity index is 1.41. The van der Waals surface area contributed by atoms with E-state index in [2.05, 4.69) is 20.2 Å². The van der Waals surface area contributed by atoms with Gasteiger partial charge in [0.15, 0.2) is 0 Å². The Morgan fingerprint density at radius 3 is 2.92 bits per heavy atom. The molecule has 1 aliphatic heterocycles. The molecule has 0 unspecified atom stereocenters. The van der Waals surface area contributed by atoms with Gasteiger partial charge in [-0.05, 0) is 45.0 Å². The standard InChI is InChI=1S/C18H24N4O2/c1-14(11-16-12-19-6-7-20-16)21-18(23)15-4-8-22(9-5-15)13-17-3-2-10-24-17/h2-3,6-7,10,12,14-15H,4-5,8-9,11,13H2,1H3,(H,21,23)/t14-/m1/s1. The molecule has 0 aromatic carbocycles. The van der Waals surface area contributed by atoms with Gasteiger partial charge in [-0.15, -0.1) is 0 Å². The lowest BCUT2D eigenvalue weighted by Crippen LogP contribution is -2.43. The van der Waals surface area contributed by atoms with E-state index >= 15 is 0 Å². The van der Waals surface area contributed by atoms with Crippen molar-refractivity contribution in [1.29, 1.82) is 0 Å². The molecule has 0 aliphatic carbocycles. The molecular weight excluding hydrogens is 304 g/mol. The molecule has 1 N–H and O–H groups in total. The normalized spacial score (nSPS) is 17.5. The van der Waals surface area contributed by atoms with Gasteiger partial charge >= 0.3 is 0 Å². The van der Waals surface area contributed by atoms with Crippen LogP contribution in [0, 0.1) is 5.92 Å². The average molecular weight is 328 g/mol. The Kier molecular flexibility index (Phi) is 5.59. The van der Waals surface area contributed by atoms with Crippen LogP contribution in [0.5, 0.6) is 0 Å². The van der Waals surface area contributed by atoms with Gasteiger partial charge in [0.05, 0.1) is 18.5 Å². The first-order valence-corrected chi connectivity index (χ1v) is 8.50. The summed E-state index contributed by atoms with van der Waals surface area (Å²) in [7, 11) is 0. The average Bonchev–Trinajstić information content (AvgIpc) is 3.09. The summed E-state index contributed by atoms with van der Waals surface area (Å²) in [4.78, 5) is 23.1. The number of rotatable bonds is 6. The maximum Gasteiger partial charge on any atom is 0.223 e. The number of amides is 1. The van der Waals surface area contributed by atoms with Crippen LogP contribution in [0.4, 0.5) is 0 Å². The van der Waals surface area contributed by atoms with Crippen molar-refractivity contribution in [3.05, 3.63) is 48.4 Å². The summed E-state index contributed by atoms with van der Waals surface area (Å²) in [6.07, 6.45) is 9.28.